The van der Waals surface area contributed by atoms with E-state index in [-0.39, 0.29) is 0 Å². The van der Waals surface area contributed by atoms with Crippen molar-refractivity contribution in [2.45, 2.75) is 19.4 Å². The van der Waals surface area contributed by atoms with Crippen molar-refractivity contribution in [3.8, 4) is 5.75 Å². The highest BCUT2D eigenvalue weighted by molar-refractivity contribution is 7.99. The number of hydrogen-bond donors (Lipinski definition) is 5. The molecule has 1 atom stereocenters. The largest absolute Gasteiger partial charge is 0.492 e. The molecule has 0 bridgehead atoms. The summed E-state index contributed by atoms with van der Waals surface area (Å²) in [6.07, 6.45) is 2.02. The van der Waals surface area contributed by atoms with E-state index in [0.29, 0.717) is 43.3 Å². The second-order valence-corrected chi connectivity index (χ2v) is 6.69. The van der Waals surface area contributed by atoms with Crippen LogP contribution in [0, 0.1) is 5.41 Å². The van der Waals surface area contributed by atoms with E-state index in [2.05, 4.69) is 10.0 Å². The van der Waals surface area contributed by atoms with Crippen molar-refractivity contribution in [3.05, 3.63) is 53.6 Å². The van der Waals surface area contributed by atoms with Crippen molar-refractivity contribution >= 4 is 29.0 Å². The number of nitrogens with two attached hydrogens (primary N) is 1. The van der Waals surface area contributed by atoms with Gasteiger partial charge in [-0.15, -0.1) is 0 Å². The molecular weight excluding hydrogens is 360 g/mol. The Bertz CT molecular complexity index is 755. The van der Waals surface area contributed by atoms with E-state index >= 15 is 0 Å². The van der Waals surface area contributed by atoms with Gasteiger partial charge in [0.2, 0.25) is 0 Å². The molecular formula is C20H28N4O2S. The minimum atomic E-state index is -0.580. The van der Waals surface area contributed by atoms with Crippen molar-refractivity contribution in [3.63, 3.8) is 0 Å². The van der Waals surface area contributed by atoms with Crippen LogP contribution in [0.25, 0.3) is 0 Å². The molecule has 0 aliphatic rings. The Kier molecular flexibility index (Phi) is 8.44. The number of hydrogen-bond acceptors (Lipinski definition) is 7. The molecule has 0 heterocycles. The van der Waals surface area contributed by atoms with Gasteiger partial charge in [-0.3, -0.25) is 0 Å². The molecule has 0 aliphatic heterocycles. The summed E-state index contributed by atoms with van der Waals surface area (Å²) in [5, 5.41) is 21.4. The molecule has 0 amide bonds. The molecule has 0 radical (unpaired) electrons. The molecule has 0 unspecified atom stereocenters. The predicted octanol–water partition coefficient (Wildman–Crippen LogP) is 3.44. The monoisotopic (exact) mass is 388 g/mol. The number of ether oxygens (including phenoxy) is 1. The molecule has 0 saturated carbocycles. The number of aliphatic hydroxyl groups excluding tert-OH is 1. The maximum absolute atomic E-state index is 10.3. The molecule has 6 N–H and O–H groups in total. The topological polar surface area (TPSA) is 103 Å². The lowest BCUT2D eigenvalue weighted by Gasteiger charge is -2.14. The van der Waals surface area contributed by atoms with Gasteiger partial charge in [-0.2, -0.15) is 0 Å². The second-order valence-electron chi connectivity index (χ2n) is 6.08. The molecule has 0 spiro atoms. The van der Waals surface area contributed by atoms with Gasteiger partial charge in [0.15, 0.2) is 0 Å². The normalized spacial score (nSPS) is 11.8. The minimum Gasteiger partial charge on any atom is -0.492 e. The summed E-state index contributed by atoms with van der Waals surface area (Å²) in [7, 11) is 0. The summed E-state index contributed by atoms with van der Waals surface area (Å²) < 4.78 is 8.84. The van der Waals surface area contributed by atoms with Gasteiger partial charge >= 0.3 is 0 Å². The van der Waals surface area contributed by atoms with Gasteiger partial charge < -0.3 is 31.0 Å². The number of nitrogens with one attached hydrogen (secondary N) is 3. The van der Waals surface area contributed by atoms with Crippen LogP contribution in [0.2, 0.25) is 0 Å². The van der Waals surface area contributed by atoms with Gasteiger partial charge in [-0.25, -0.2) is 0 Å². The molecule has 146 valence electrons. The van der Waals surface area contributed by atoms with E-state index in [4.69, 9.17) is 15.9 Å². The molecule has 0 fully saturated rings. The Hall–Kier alpha value is -2.22. The highest BCUT2D eigenvalue weighted by Gasteiger charge is 2.08. The summed E-state index contributed by atoms with van der Waals surface area (Å²) in [6, 6.07) is 13.1. The Labute approximate surface area is 165 Å². The van der Waals surface area contributed by atoms with Gasteiger partial charge in [-0.1, -0.05) is 31.0 Å². The summed E-state index contributed by atoms with van der Waals surface area (Å²) >= 11 is 1.52. The van der Waals surface area contributed by atoms with Crippen molar-refractivity contribution in [1.29, 1.82) is 5.41 Å². The average Bonchev–Trinajstić information content (AvgIpc) is 2.67. The third-order valence-corrected chi connectivity index (χ3v) is 4.52. The Balaban J connectivity index is 1.75. The Morgan fingerprint density at radius 2 is 2.11 bits per heavy atom. The molecule has 7 heteroatoms. The standard InChI is InChI=1S/C20H28N4O2S/c1-3-18(21)17-8-7-16(12-19(17)22)26-10-9-23-13-20(25)14-5-4-6-15(11-14)24-27-2/h4-8,11-12,20-21,23-25H,3,9-10,13,22H2,1-2H3/t20-/m0/s1. The summed E-state index contributed by atoms with van der Waals surface area (Å²) in [4.78, 5) is 0. The molecule has 0 aliphatic carbocycles. The predicted molar refractivity (Wildman–Crippen MR) is 115 cm³/mol. The van der Waals surface area contributed by atoms with Gasteiger partial charge in [-0.05, 0) is 36.2 Å². The Morgan fingerprint density at radius 3 is 2.81 bits per heavy atom. The van der Waals surface area contributed by atoms with Crippen molar-refractivity contribution in [2.24, 2.45) is 0 Å². The molecule has 27 heavy (non-hydrogen) atoms. The fourth-order valence-electron chi connectivity index (χ4n) is 2.62. The highest BCUT2D eigenvalue weighted by atomic mass is 32.2. The number of nitrogen functional groups attached to an aromatic ring is 1. The first-order valence-electron chi connectivity index (χ1n) is 8.93. The molecule has 2 aromatic rings. The second kappa shape index (κ2) is 10.8. The summed E-state index contributed by atoms with van der Waals surface area (Å²) in [6.45, 7) is 3.44. The third kappa shape index (κ3) is 6.46. The van der Waals surface area contributed by atoms with Gasteiger partial charge in [0.1, 0.15) is 12.4 Å². The van der Waals surface area contributed by atoms with E-state index < -0.39 is 6.10 Å². The Morgan fingerprint density at radius 1 is 1.30 bits per heavy atom. The lowest BCUT2D eigenvalue weighted by molar-refractivity contribution is 0.172. The lowest BCUT2D eigenvalue weighted by Crippen LogP contribution is -2.26. The van der Waals surface area contributed by atoms with Crippen LogP contribution in [-0.2, 0) is 0 Å². The van der Waals surface area contributed by atoms with Crippen LogP contribution in [0.15, 0.2) is 42.5 Å². The van der Waals surface area contributed by atoms with Crippen LogP contribution in [0.4, 0.5) is 11.4 Å². The zero-order valence-corrected chi connectivity index (χ0v) is 16.6. The molecule has 0 saturated heterocycles. The zero-order valence-electron chi connectivity index (χ0n) is 15.8. The van der Waals surface area contributed by atoms with E-state index in [1.54, 1.807) is 6.07 Å². The van der Waals surface area contributed by atoms with Crippen LogP contribution in [0.3, 0.4) is 0 Å². The number of benzene rings is 2. The number of rotatable bonds is 11. The molecule has 6 nitrogen and oxygen atoms in total. The fraction of sp³-hybridized carbons (Fsp3) is 0.350. The molecule has 2 aromatic carbocycles. The van der Waals surface area contributed by atoms with E-state index in [1.807, 2.05) is 49.6 Å². The first kappa shape index (κ1) is 21.1. The van der Waals surface area contributed by atoms with Crippen LogP contribution >= 0.6 is 11.9 Å². The van der Waals surface area contributed by atoms with E-state index in [0.717, 1.165) is 16.8 Å². The van der Waals surface area contributed by atoms with Gasteiger partial charge in [0.25, 0.3) is 0 Å². The minimum absolute atomic E-state index is 0.445. The van der Waals surface area contributed by atoms with Crippen LogP contribution in [-0.4, -0.2) is 36.8 Å². The van der Waals surface area contributed by atoms with Gasteiger partial charge in [0.05, 0.1) is 6.10 Å². The summed E-state index contributed by atoms with van der Waals surface area (Å²) in [5.74, 6) is 0.679. The van der Waals surface area contributed by atoms with E-state index in [9.17, 15) is 5.11 Å². The first-order valence-corrected chi connectivity index (χ1v) is 10.2. The van der Waals surface area contributed by atoms with E-state index in [1.165, 1.54) is 11.9 Å². The maximum atomic E-state index is 10.3. The lowest BCUT2D eigenvalue weighted by atomic mass is 10.1. The molecule has 2 rings (SSSR count). The zero-order chi connectivity index (χ0) is 19.6. The third-order valence-electron chi connectivity index (χ3n) is 4.08. The van der Waals surface area contributed by atoms with Gasteiger partial charge in [0, 0.05) is 48.1 Å². The highest BCUT2D eigenvalue weighted by Crippen LogP contribution is 2.21. The summed E-state index contributed by atoms with van der Waals surface area (Å²) in [5.41, 5.74) is 9.66. The maximum Gasteiger partial charge on any atom is 0.121 e. The number of anilines is 2. The quantitative estimate of drug-likeness (QED) is 0.175. The molecule has 0 aromatic heterocycles. The average molecular weight is 389 g/mol. The van der Waals surface area contributed by atoms with Crippen LogP contribution in [0.5, 0.6) is 5.75 Å². The number of aliphatic hydroxyl groups is 1. The SMILES string of the molecule is CCC(=N)c1ccc(OCCNC[C@H](O)c2cccc(NSC)c2)cc1N. The van der Waals surface area contributed by atoms with Crippen molar-refractivity contribution in [2.75, 3.05) is 36.4 Å². The van der Waals surface area contributed by atoms with Crippen molar-refractivity contribution < 1.29 is 9.84 Å². The first-order chi connectivity index (χ1) is 13.0. The van der Waals surface area contributed by atoms with Crippen molar-refractivity contribution in [1.82, 2.24) is 5.32 Å². The van der Waals surface area contributed by atoms with Crippen LogP contribution in [0.1, 0.15) is 30.6 Å². The van der Waals surface area contributed by atoms with Crippen LogP contribution < -0.4 is 20.5 Å². The smallest absolute Gasteiger partial charge is 0.121 e. The fourth-order valence-corrected chi connectivity index (χ4v) is 2.98.